The summed E-state index contributed by atoms with van der Waals surface area (Å²) >= 11 is 0. The second-order valence-electron chi connectivity index (χ2n) is 3.11. The van der Waals surface area contributed by atoms with Crippen molar-refractivity contribution in [1.29, 1.82) is 0 Å². The third-order valence-corrected chi connectivity index (χ3v) is 1.86. The van der Waals surface area contributed by atoms with E-state index in [2.05, 4.69) is 15.0 Å². The SMILES string of the molecule is Cc1cc(-c2ccc(F)cn2)nc(N)n1. The first-order valence-corrected chi connectivity index (χ1v) is 4.38. The van der Waals surface area contributed by atoms with Gasteiger partial charge in [-0.1, -0.05) is 0 Å². The first-order valence-electron chi connectivity index (χ1n) is 4.38. The molecule has 0 aliphatic carbocycles. The van der Waals surface area contributed by atoms with Crippen molar-refractivity contribution in [3.05, 3.63) is 35.9 Å². The Hall–Kier alpha value is -2.04. The molecule has 15 heavy (non-hydrogen) atoms. The molecule has 5 heteroatoms. The van der Waals surface area contributed by atoms with Crippen LogP contribution in [0.4, 0.5) is 10.3 Å². The molecule has 0 radical (unpaired) electrons. The maximum absolute atomic E-state index is 12.6. The van der Waals surface area contributed by atoms with Gasteiger partial charge in [0.25, 0.3) is 0 Å². The van der Waals surface area contributed by atoms with Crippen LogP contribution in [0.25, 0.3) is 11.4 Å². The molecule has 0 saturated carbocycles. The van der Waals surface area contributed by atoms with E-state index in [-0.39, 0.29) is 11.8 Å². The predicted molar refractivity (Wildman–Crippen MR) is 54.4 cm³/mol. The summed E-state index contributed by atoms with van der Waals surface area (Å²) in [5.74, 6) is -0.186. The highest BCUT2D eigenvalue weighted by Gasteiger charge is 2.03. The number of pyridine rings is 1. The average molecular weight is 204 g/mol. The number of nitrogens with two attached hydrogens (primary N) is 1. The summed E-state index contributed by atoms with van der Waals surface area (Å²) in [6, 6.07) is 4.63. The molecule has 76 valence electrons. The van der Waals surface area contributed by atoms with E-state index in [0.717, 1.165) is 11.9 Å². The first kappa shape index (κ1) is 9.51. The third-order valence-electron chi connectivity index (χ3n) is 1.86. The lowest BCUT2D eigenvalue weighted by Gasteiger charge is -2.01. The van der Waals surface area contributed by atoms with Crippen LogP contribution in [0.15, 0.2) is 24.4 Å². The maximum Gasteiger partial charge on any atom is 0.220 e. The molecule has 0 aromatic carbocycles. The Labute approximate surface area is 86.0 Å². The summed E-state index contributed by atoms with van der Waals surface area (Å²) in [7, 11) is 0. The van der Waals surface area contributed by atoms with Gasteiger partial charge in [-0.3, -0.25) is 4.98 Å². The topological polar surface area (TPSA) is 64.7 Å². The van der Waals surface area contributed by atoms with Gasteiger partial charge in [0.1, 0.15) is 5.82 Å². The number of nitrogen functional groups attached to an aromatic ring is 1. The number of hydrogen-bond donors (Lipinski definition) is 1. The standard InChI is InChI=1S/C10H9FN4/c1-6-4-9(15-10(12)14-6)8-3-2-7(11)5-13-8/h2-5H,1H3,(H2,12,14,15). The monoisotopic (exact) mass is 204 g/mol. The Morgan fingerprint density at radius 1 is 1.20 bits per heavy atom. The molecule has 0 unspecified atom stereocenters. The zero-order chi connectivity index (χ0) is 10.8. The lowest BCUT2D eigenvalue weighted by molar-refractivity contribution is 0.622. The van der Waals surface area contributed by atoms with Crippen LogP contribution in [0, 0.1) is 12.7 Å². The smallest absolute Gasteiger partial charge is 0.220 e. The largest absolute Gasteiger partial charge is 0.368 e. The van der Waals surface area contributed by atoms with Crippen molar-refractivity contribution in [2.45, 2.75) is 6.92 Å². The summed E-state index contributed by atoms with van der Waals surface area (Å²) < 4.78 is 12.6. The van der Waals surface area contributed by atoms with Gasteiger partial charge in [0, 0.05) is 5.69 Å². The number of halogens is 1. The highest BCUT2D eigenvalue weighted by Crippen LogP contribution is 2.15. The Bertz CT molecular complexity index is 461. The van der Waals surface area contributed by atoms with Crippen LogP contribution < -0.4 is 5.73 Å². The molecule has 0 saturated heterocycles. The number of anilines is 1. The number of aromatic nitrogens is 3. The Balaban J connectivity index is 2.49. The molecule has 0 atom stereocenters. The summed E-state index contributed by atoms with van der Waals surface area (Å²) in [4.78, 5) is 11.9. The minimum Gasteiger partial charge on any atom is -0.368 e. The fourth-order valence-corrected chi connectivity index (χ4v) is 1.25. The average Bonchev–Trinajstić information content (AvgIpc) is 2.17. The van der Waals surface area contributed by atoms with Gasteiger partial charge >= 0.3 is 0 Å². The Morgan fingerprint density at radius 3 is 2.60 bits per heavy atom. The summed E-state index contributed by atoms with van der Waals surface area (Å²) in [5.41, 5.74) is 7.43. The van der Waals surface area contributed by atoms with Crippen LogP contribution in [0.5, 0.6) is 0 Å². The zero-order valence-electron chi connectivity index (χ0n) is 8.11. The van der Waals surface area contributed by atoms with Crippen LogP contribution in [0.2, 0.25) is 0 Å². The summed E-state index contributed by atoms with van der Waals surface area (Å²) in [6.45, 7) is 1.81. The molecule has 2 aromatic heterocycles. The fraction of sp³-hybridized carbons (Fsp3) is 0.100. The Kier molecular flexibility index (Phi) is 2.29. The number of hydrogen-bond acceptors (Lipinski definition) is 4. The number of aryl methyl sites for hydroxylation is 1. The van der Waals surface area contributed by atoms with Gasteiger partial charge in [-0.15, -0.1) is 0 Å². The zero-order valence-corrected chi connectivity index (χ0v) is 8.11. The van der Waals surface area contributed by atoms with E-state index in [9.17, 15) is 4.39 Å². The Morgan fingerprint density at radius 2 is 2.00 bits per heavy atom. The van der Waals surface area contributed by atoms with Gasteiger partial charge in [0.05, 0.1) is 17.6 Å². The molecule has 0 spiro atoms. The van der Waals surface area contributed by atoms with Gasteiger partial charge in [-0.25, -0.2) is 14.4 Å². The minimum absolute atomic E-state index is 0.191. The summed E-state index contributed by atoms with van der Waals surface area (Å²) in [6.07, 6.45) is 1.14. The van der Waals surface area contributed by atoms with E-state index in [1.165, 1.54) is 6.07 Å². The number of nitrogens with zero attached hydrogens (tertiary/aromatic N) is 3. The lowest BCUT2D eigenvalue weighted by atomic mass is 10.2. The molecule has 2 aromatic rings. The van der Waals surface area contributed by atoms with Crippen LogP contribution in [0.1, 0.15) is 5.69 Å². The predicted octanol–water partition coefficient (Wildman–Crippen LogP) is 1.57. The first-order chi connectivity index (χ1) is 7.15. The minimum atomic E-state index is -0.377. The van der Waals surface area contributed by atoms with Crippen LogP contribution >= 0.6 is 0 Å². The second-order valence-corrected chi connectivity index (χ2v) is 3.11. The van der Waals surface area contributed by atoms with E-state index in [1.807, 2.05) is 6.92 Å². The van der Waals surface area contributed by atoms with Crippen LogP contribution in [-0.4, -0.2) is 15.0 Å². The van der Waals surface area contributed by atoms with Gasteiger partial charge in [-0.05, 0) is 25.1 Å². The van der Waals surface area contributed by atoms with E-state index in [4.69, 9.17) is 5.73 Å². The van der Waals surface area contributed by atoms with Gasteiger partial charge in [0.2, 0.25) is 5.95 Å². The van der Waals surface area contributed by atoms with E-state index < -0.39 is 0 Å². The molecule has 0 amide bonds. The van der Waals surface area contributed by atoms with Crippen molar-refractivity contribution in [3.8, 4) is 11.4 Å². The molecule has 0 fully saturated rings. The molecule has 2 N–H and O–H groups in total. The van der Waals surface area contributed by atoms with Gasteiger partial charge in [0.15, 0.2) is 0 Å². The highest BCUT2D eigenvalue weighted by atomic mass is 19.1. The molecule has 0 aliphatic heterocycles. The molecule has 0 aliphatic rings. The quantitative estimate of drug-likeness (QED) is 0.765. The van der Waals surface area contributed by atoms with Gasteiger partial charge < -0.3 is 5.73 Å². The lowest BCUT2D eigenvalue weighted by Crippen LogP contribution is -1.99. The van der Waals surface area contributed by atoms with E-state index in [1.54, 1.807) is 12.1 Å². The highest BCUT2D eigenvalue weighted by molar-refractivity contribution is 5.55. The molecule has 2 heterocycles. The molecule has 0 bridgehead atoms. The normalized spacial score (nSPS) is 10.3. The van der Waals surface area contributed by atoms with Crippen molar-refractivity contribution in [3.63, 3.8) is 0 Å². The van der Waals surface area contributed by atoms with Gasteiger partial charge in [-0.2, -0.15) is 0 Å². The maximum atomic E-state index is 12.6. The van der Waals surface area contributed by atoms with Crippen molar-refractivity contribution in [1.82, 2.24) is 15.0 Å². The molecule has 4 nitrogen and oxygen atoms in total. The third kappa shape index (κ3) is 2.07. The molecular weight excluding hydrogens is 195 g/mol. The van der Waals surface area contributed by atoms with Crippen molar-refractivity contribution >= 4 is 5.95 Å². The number of rotatable bonds is 1. The van der Waals surface area contributed by atoms with Crippen LogP contribution in [0.3, 0.4) is 0 Å². The van der Waals surface area contributed by atoms with Crippen molar-refractivity contribution < 1.29 is 4.39 Å². The van der Waals surface area contributed by atoms with Crippen LogP contribution in [-0.2, 0) is 0 Å². The molecular formula is C10H9FN4. The van der Waals surface area contributed by atoms with E-state index in [0.29, 0.717) is 11.4 Å². The molecule has 2 rings (SSSR count). The summed E-state index contributed by atoms with van der Waals surface area (Å²) in [5, 5.41) is 0. The fourth-order valence-electron chi connectivity index (χ4n) is 1.25. The van der Waals surface area contributed by atoms with Crippen molar-refractivity contribution in [2.24, 2.45) is 0 Å². The van der Waals surface area contributed by atoms with Crippen molar-refractivity contribution in [2.75, 3.05) is 5.73 Å². The van der Waals surface area contributed by atoms with E-state index >= 15 is 0 Å². The second kappa shape index (κ2) is 3.61.